The van der Waals surface area contributed by atoms with Crippen LogP contribution >= 0.6 is 0 Å². The van der Waals surface area contributed by atoms with E-state index in [0.717, 1.165) is 17.8 Å². The van der Waals surface area contributed by atoms with Crippen LogP contribution in [0.4, 0.5) is 0 Å². The maximum absolute atomic E-state index is 5.82. The Hall–Kier alpha value is -1.78. The van der Waals surface area contributed by atoms with E-state index < -0.39 is 0 Å². The molecule has 0 aliphatic carbocycles. The topological polar surface area (TPSA) is 47.0 Å². The van der Waals surface area contributed by atoms with Crippen molar-refractivity contribution in [3.05, 3.63) is 47.9 Å². The zero-order valence-corrected chi connectivity index (χ0v) is 10.3. The van der Waals surface area contributed by atoms with Crippen LogP contribution in [0.2, 0.25) is 0 Å². The van der Waals surface area contributed by atoms with Crippen LogP contribution in [0.1, 0.15) is 17.2 Å². The van der Waals surface area contributed by atoms with E-state index in [4.69, 9.17) is 4.74 Å². The van der Waals surface area contributed by atoms with E-state index >= 15 is 0 Å². The smallest absolute Gasteiger partial charge is 0.116 e. The van der Waals surface area contributed by atoms with E-state index in [9.17, 15) is 0 Å². The summed E-state index contributed by atoms with van der Waals surface area (Å²) in [4.78, 5) is 8.27. The third-order valence-electron chi connectivity index (χ3n) is 3.24. The third kappa shape index (κ3) is 1.89. The molecule has 4 heteroatoms. The van der Waals surface area contributed by atoms with Crippen LogP contribution in [0.3, 0.4) is 0 Å². The van der Waals surface area contributed by atoms with Crippen molar-refractivity contribution >= 4 is 0 Å². The number of hydrogen-bond acceptors (Lipinski definition) is 4. The van der Waals surface area contributed by atoms with E-state index in [1.807, 2.05) is 13.1 Å². The van der Waals surface area contributed by atoms with Gasteiger partial charge >= 0.3 is 0 Å². The molecule has 1 atom stereocenters. The van der Waals surface area contributed by atoms with Gasteiger partial charge in [0.15, 0.2) is 0 Å². The van der Waals surface area contributed by atoms with Crippen LogP contribution in [0, 0.1) is 0 Å². The standard InChI is InChI=1S/C14H15N3O/c1-15-7-14-11-4-2-3-10(12(11)8-18-14)13-5-6-16-9-17-13/h2-6,9,14-15H,7-8H2,1H3/t14-/m1/s1. The number of aromatic nitrogens is 2. The molecule has 2 heterocycles. The molecule has 4 nitrogen and oxygen atoms in total. The first-order chi connectivity index (χ1) is 8.90. The lowest BCUT2D eigenvalue weighted by Gasteiger charge is -2.10. The Morgan fingerprint density at radius 1 is 1.39 bits per heavy atom. The number of benzene rings is 1. The first-order valence-electron chi connectivity index (χ1n) is 6.04. The van der Waals surface area contributed by atoms with Gasteiger partial charge in [0.2, 0.25) is 0 Å². The Bertz CT molecular complexity index is 542. The minimum absolute atomic E-state index is 0.145. The number of fused-ring (bicyclic) bond motifs is 1. The van der Waals surface area contributed by atoms with Gasteiger partial charge in [-0.25, -0.2) is 9.97 Å². The minimum Gasteiger partial charge on any atom is -0.367 e. The molecule has 0 amide bonds. The molecule has 3 rings (SSSR count). The number of hydrogen-bond donors (Lipinski definition) is 1. The molecular weight excluding hydrogens is 226 g/mol. The summed E-state index contributed by atoms with van der Waals surface area (Å²) in [5, 5.41) is 3.16. The highest BCUT2D eigenvalue weighted by molar-refractivity contribution is 5.65. The number of nitrogens with one attached hydrogen (secondary N) is 1. The van der Waals surface area contributed by atoms with Crippen molar-refractivity contribution in [2.45, 2.75) is 12.7 Å². The Morgan fingerprint density at radius 2 is 2.33 bits per heavy atom. The summed E-state index contributed by atoms with van der Waals surface area (Å²) >= 11 is 0. The summed E-state index contributed by atoms with van der Waals surface area (Å²) in [6.45, 7) is 1.49. The van der Waals surface area contributed by atoms with E-state index in [2.05, 4.69) is 33.5 Å². The van der Waals surface area contributed by atoms with Crippen molar-refractivity contribution in [2.75, 3.05) is 13.6 Å². The summed E-state index contributed by atoms with van der Waals surface area (Å²) in [7, 11) is 1.94. The fourth-order valence-corrected chi connectivity index (χ4v) is 2.39. The molecule has 0 unspecified atom stereocenters. The fourth-order valence-electron chi connectivity index (χ4n) is 2.39. The first kappa shape index (κ1) is 11.3. The number of rotatable bonds is 3. The molecule has 1 aliphatic heterocycles. The highest BCUT2D eigenvalue weighted by Gasteiger charge is 2.25. The lowest BCUT2D eigenvalue weighted by molar-refractivity contribution is 0.0675. The summed E-state index contributed by atoms with van der Waals surface area (Å²) in [5.74, 6) is 0. The van der Waals surface area contributed by atoms with Crippen molar-refractivity contribution in [1.82, 2.24) is 15.3 Å². The van der Waals surface area contributed by atoms with Crippen molar-refractivity contribution in [2.24, 2.45) is 0 Å². The Kier molecular flexibility index (Phi) is 3.04. The molecule has 2 aromatic rings. The van der Waals surface area contributed by atoms with Crippen LogP contribution in [-0.2, 0) is 11.3 Å². The summed E-state index contributed by atoms with van der Waals surface area (Å²) in [6.07, 6.45) is 3.49. The minimum atomic E-state index is 0.145. The quantitative estimate of drug-likeness (QED) is 0.892. The van der Waals surface area contributed by atoms with Gasteiger partial charge in [0.05, 0.1) is 18.4 Å². The van der Waals surface area contributed by atoms with Crippen molar-refractivity contribution in [1.29, 1.82) is 0 Å². The lowest BCUT2D eigenvalue weighted by atomic mass is 9.98. The van der Waals surface area contributed by atoms with Gasteiger partial charge in [-0.2, -0.15) is 0 Å². The molecule has 0 bridgehead atoms. The molecule has 0 saturated carbocycles. The van der Waals surface area contributed by atoms with Crippen LogP contribution in [-0.4, -0.2) is 23.6 Å². The van der Waals surface area contributed by atoms with Crippen molar-refractivity contribution in [3.8, 4) is 11.3 Å². The zero-order chi connectivity index (χ0) is 12.4. The van der Waals surface area contributed by atoms with Gasteiger partial charge in [0.1, 0.15) is 6.33 Å². The monoisotopic (exact) mass is 241 g/mol. The van der Waals surface area contributed by atoms with E-state index in [0.29, 0.717) is 6.61 Å². The highest BCUT2D eigenvalue weighted by atomic mass is 16.5. The first-order valence-corrected chi connectivity index (χ1v) is 6.04. The average molecular weight is 241 g/mol. The van der Waals surface area contributed by atoms with Gasteiger partial charge in [-0.05, 0) is 24.2 Å². The molecule has 1 aromatic carbocycles. The van der Waals surface area contributed by atoms with E-state index in [-0.39, 0.29) is 6.10 Å². The maximum atomic E-state index is 5.82. The van der Waals surface area contributed by atoms with Crippen LogP contribution in [0.15, 0.2) is 36.8 Å². The van der Waals surface area contributed by atoms with Gasteiger partial charge < -0.3 is 10.1 Å². The fraction of sp³-hybridized carbons (Fsp3) is 0.286. The van der Waals surface area contributed by atoms with Crippen LogP contribution in [0.25, 0.3) is 11.3 Å². The molecule has 0 fully saturated rings. The largest absolute Gasteiger partial charge is 0.367 e. The maximum Gasteiger partial charge on any atom is 0.116 e. The number of nitrogens with zero attached hydrogens (tertiary/aromatic N) is 2. The van der Waals surface area contributed by atoms with Gasteiger partial charge in [-0.15, -0.1) is 0 Å². The van der Waals surface area contributed by atoms with Gasteiger partial charge in [-0.1, -0.05) is 18.2 Å². The summed E-state index contributed by atoms with van der Waals surface area (Å²) in [6, 6.07) is 8.22. The Morgan fingerprint density at radius 3 is 3.11 bits per heavy atom. The predicted octanol–water partition coefficient (Wildman–Crippen LogP) is 1.93. The third-order valence-corrected chi connectivity index (χ3v) is 3.24. The lowest BCUT2D eigenvalue weighted by Crippen LogP contribution is -2.16. The highest BCUT2D eigenvalue weighted by Crippen LogP contribution is 2.36. The molecule has 92 valence electrons. The Balaban J connectivity index is 2.04. The SMILES string of the molecule is CNC[C@H]1OCc2c(-c3ccncn3)cccc21. The van der Waals surface area contributed by atoms with Gasteiger partial charge in [0, 0.05) is 18.3 Å². The Labute approximate surface area is 106 Å². The van der Waals surface area contributed by atoms with Gasteiger partial charge in [-0.3, -0.25) is 0 Å². The van der Waals surface area contributed by atoms with Crippen molar-refractivity contribution < 1.29 is 4.74 Å². The molecule has 0 radical (unpaired) electrons. The van der Waals surface area contributed by atoms with Crippen molar-refractivity contribution in [3.63, 3.8) is 0 Å². The number of ether oxygens (including phenoxy) is 1. The second kappa shape index (κ2) is 4.84. The molecule has 0 saturated heterocycles. The summed E-state index contributed by atoms with van der Waals surface area (Å²) < 4.78 is 5.82. The van der Waals surface area contributed by atoms with Crippen LogP contribution < -0.4 is 5.32 Å². The van der Waals surface area contributed by atoms with Crippen LogP contribution in [0.5, 0.6) is 0 Å². The summed E-state index contributed by atoms with van der Waals surface area (Å²) in [5.41, 5.74) is 4.61. The average Bonchev–Trinajstić information content (AvgIpc) is 2.84. The normalized spacial score (nSPS) is 17.7. The molecule has 18 heavy (non-hydrogen) atoms. The van der Waals surface area contributed by atoms with Gasteiger partial charge in [0.25, 0.3) is 0 Å². The predicted molar refractivity (Wildman–Crippen MR) is 68.9 cm³/mol. The second-order valence-corrected chi connectivity index (χ2v) is 4.33. The zero-order valence-electron chi connectivity index (χ0n) is 10.3. The van der Waals surface area contributed by atoms with E-state index in [1.165, 1.54) is 11.1 Å². The molecule has 0 spiro atoms. The molecule has 1 aromatic heterocycles. The number of likely N-dealkylation sites (N-methyl/N-ethyl adjacent to an activating group) is 1. The van der Waals surface area contributed by atoms with E-state index in [1.54, 1.807) is 12.5 Å². The molecule has 1 aliphatic rings. The molecular formula is C14H15N3O. The second-order valence-electron chi connectivity index (χ2n) is 4.33. The molecule has 1 N–H and O–H groups in total.